The number of hydrogen-bond acceptors (Lipinski definition) is 3. The molecule has 1 saturated carbocycles. The summed E-state index contributed by atoms with van der Waals surface area (Å²) in [5, 5.41) is 0.488. The molecule has 1 aromatic carbocycles. The monoisotopic (exact) mass is 332 g/mol. The molecule has 1 saturated heterocycles. The predicted octanol–water partition coefficient (Wildman–Crippen LogP) is 4.68. The molecule has 5 heteroatoms. The number of ether oxygens (including phenoxy) is 1. The maximum absolute atomic E-state index is 12.8. The van der Waals surface area contributed by atoms with Crippen molar-refractivity contribution in [3.8, 4) is 11.1 Å². The van der Waals surface area contributed by atoms with Crippen molar-refractivity contribution in [3.05, 3.63) is 46.7 Å². The van der Waals surface area contributed by atoms with Crippen molar-refractivity contribution in [2.75, 3.05) is 18.8 Å². The van der Waals surface area contributed by atoms with Crippen LogP contribution in [0.5, 0.6) is 0 Å². The highest BCUT2D eigenvalue weighted by Crippen LogP contribution is 2.58. The Balaban J connectivity index is 1.79. The molecule has 23 heavy (non-hydrogen) atoms. The lowest BCUT2D eigenvalue weighted by Gasteiger charge is -2.22. The highest BCUT2D eigenvalue weighted by Gasteiger charge is 2.57. The van der Waals surface area contributed by atoms with Gasteiger partial charge in [-0.05, 0) is 66.6 Å². The molecule has 4 rings (SSSR count). The van der Waals surface area contributed by atoms with Gasteiger partial charge < -0.3 is 4.74 Å². The fraction of sp³-hybridized carbons (Fsp3) is 0.389. The Kier molecular flexibility index (Phi) is 3.54. The molecule has 1 N–H and O–H groups in total. The molecule has 120 valence electrons. The molecule has 1 aliphatic heterocycles. The van der Waals surface area contributed by atoms with Crippen molar-refractivity contribution in [1.29, 1.82) is 0 Å². The molecular weight excluding hydrogens is 315 g/mol. The summed E-state index contributed by atoms with van der Waals surface area (Å²) in [6.45, 7) is 3.60. The molecule has 1 aromatic heterocycles. The number of aromatic nitrogens is 1. The Bertz CT molecular complexity index is 767. The first-order chi connectivity index (χ1) is 11.1. The number of pyridine rings is 1. The number of aryl methyl sites for hydroxylation is 1. The average Bonchev–Trinajstić information content (AvgIpc) is 3.31. The van der Waals surface area contributed by atoms with E-state index in [1.165, 1.54) is 0 Å². The average molecular weight is 333 g/mol. The van der Waals surface area contributed by atoms with Gasteiger partial charge in [0.2, 0.25) is 0 Å². The van der Waals surface area contributed by atoms with Gasteiger partial charge in [0.25, 0.3) is 0 Å². The van der Waals surface area contributed by atoms with E-state index in [0.717, 1.165) is 48.4 Å². The lowest BCUT2D eigenvalue weighted by Crippen LogP contribution is -2.22. The summed E-state index contributed by atoms with van der Waals surface area (Å²) in [5.41, 5.74) is 6.36. The van der Waals surface area contributed by atoms with E-state index in [4.69, 9.17) is 16.3 Å². The highest BCUT2D eigenvalue weighted by atomic mass is 35.5. The third kappa shape index (κ3) is 2.50. The first kappa shape index (κ1) is 14.9. The van der Waals surface area contributed by atoms with Crippen molar-refractivity contribution in [3.63, 3.8) is 0 Å². The van der Waals surface area contributed by atoms with Gasteiger partial charge in [-0.1, -0.05) is 17.7 Å². The van der Waals surface area contributed by atoms with Crippen molar-refractivity contribution < 1.29 is 9.22 Å². The summed E-state index contributed by atoms with van der Waals surface area (Å²) in [4.78, 5) is 4.59. The molecule has 2 fully saturated rings. The minimum Gasteiger partial charge on any atom is -0.381 e. The Morgan fingerprint density at radius 3 is 3.00 bits per heavy atom. The van der Waals surface area contributed by atoms with Gasteiger partial charge in [0.05, 0.1) is 12.3 Å². The van der Waals surface area contributed by atoms with Gasteiger partial charge in [-0.15, -0.1) is 4.48 Å². The van der Waals surface area contributed by atoms with Crippen molar-refractivity contribution >= 4 is 17.3 Å². The van der Waals surface area contributed by atoms with E-state index in [-0.39, 0.29) is 5.41 Å². The maximum atomic E-state index is 12.8. The van der Waals surface area contributed by atoms with Gasteiger partial charge in [0, 0.05) is 17.7 Å². The quantitative estimate of drug-likeness (QED) is 0.654. The molecule has 0 spiro atoms. The van der Waals surface area contributed by atoms with Crippen molar-refractivity contribution in [2.24, 2.45) is 5.92 Å². The molecule has 2 unspecified atom stereocenters. The predicted molar refractivity (Wildman–Crippen MR) is 89.4 cm³/mol. The highest BCUT2D eigenvalue weighted by molar-refractivity contribution is 6.29. The van der Waals surface area contributed by atoms with E-state index in [1.807, 2.05) is 19.1 Å². The molecule has 2 heterocycles. The molecule has 0 bridgehead atoms. The molecule has 2 atom stereocenters. The number of nitrogens with one attached hydrogen (secondary N) is 1. The first-order valence-corrected chi connectivity index (χ1v) is 8.24. The Morgan fingerprint density at radius 1 is 1.35 bits per heavy atom. The standard InChI is InChI=1S/C18H18ClFN2O/c1-11-2-3-14(22-20)8-15(11)12-6-16(21-17(19)7-12)18-4-5-23-10-13(18)9-18/h2-3,6-8,13,22H,4-5,9-10H2,1H3. The molecular formula is C18H18ClFN2O. The number of nitrogens with zero attached hydrogens (tertiary/aromatic N) is 1. The van der Waals surface area contributed by atoms with Crippen LogP contribution in [-0.2, 0) is 10.2 Å². The van der Waals surface area contributed by atoms with Crippen LogP contribution < -0.4 is 5.54 Å². The molecule has 0 radical (unpaired) electrons. The third-order valence-corrected chi connectivity index (χ3v) is 5.40. The number of fused-ring (bicyclic) bond motifs is 1. The van der Waals surface area contributed by atoms with Gasteiger partial charge in [0.1, 0.15) is 5.15 Å². The first-order valence-electron chi connectivity index (χ1n) is 7.86. The summed E-state index contributed by atoms with van der Waals surface area (Å²) in [7, 11) is 0. The van der Waals surface area contributed by atoms with Crippen molar-refractivity contribution in [1.82, 2.24) is 4.98 Å². The van der Waals surface area contributed by atoms with E-state index >= 15 is 0 Å². The van der Waals surface area contributed by atoms with E-state index in [2.05, 4.69) is 11.1 Å². The second kappa shape index (κ2) is 5.46. The minimum absolute atomic E-state index is 0.127. The van der Waals surface area contributed by atoms with E-state index in [9.17, 15) is 4.48 Å². The lowest BCUT2D eigenvalue weighted by atomic mass is 9.91. The number of anilines is 1. The number of rotatable bonds is 3. The Labute approximate surface area is 139 Å². The Hall–Kier alpha value is -1.65. The largest absolute Gasteiger partial charge is 0.381 e. The second-order valence-corrected chi connectivity index (χ2v) is 6.96. The van der Waals surface area contributed by atoms with Crippen LogP contribution in [0.25, 0.3) is 11.1 Å². The van der Waals surface area contributed by atoms with Crippen LogP contribution in [0.15, 0.2) is 30.3 Å². The fourth-order valence-electron chi connectivity index (χ4n) is 3.73. The summed E-state index contributed by atoms with van der Waals surface area (Å²) >= 11 is 6.29. The smallest absolute Gasteiger partial charge is 0.129 e. The fourth-order valence-corrected chi connectivity index (χ4v) is 3.93. The number of halogens is 2. The summed E-state index contributed by atoms with van der Waals surface area (Å²) in [6.07, 6.45) is 2.11. The topological polar surface area (TPSA) is 34.2 Å². The molecule has 0 amide bonds. The number of benzene rings is 1. The molecule has 1 aliphatic carbocycles. The van der Waals surface area contributed by atoms with Crippen LogP contribution in [0.3, 0.4) is 0 Å². The van der Waals surface area contributed by atoms with Gasteiger partial charge in [-0.25, -0.2) is 10.5 Å². The molecule has 2 aromatic rings. The zero-order chi connectivity index (χ0) is 16.0. The van der Waals surface area contributed by atoms with E-state index in [1.54, 1.807) is 17.7 Å². The zero-order valence-electron chi connectivity index (χ0n) is 12.9. The Morgan fingerprint density at radius 2 is 2.22 bits per heavy atom. The summed E-state index contributed by atoms with van der Waals surface area (Å²) < 4.78 is 18.3. The zero-order valence-corrected chi connectivity index (χ0v) is 13.7. The lowest BCUT2D eigenvalue weighted by molar-refractivity contribution is 0.0794. The third-order valence-electron chi connectivity index (χ3n) is 5.21. The van der Waals surface area contributed by atoms with Crippen molar-refractivity contribution in [2.45, 2.75) is 25.2 Å². The normalized spacial score (nSPS) is 25.8. The minimum atomic E-state index is 0.127. The van der Waals surface area contributed by atoms with Crippen LogP contribution in [0.2, 0.25) is 5.15 Å². The molecule has 3 nitrogen and oxygen atoms in total. The van der Waals surface area contributed by atoms with Gasteiger partial charge in [0.15, 0.2) is 0 Å². The van der Waals surface area contributed by atoms with Gasteiger partial charge in [-0.3, -0.25) is 0 Å². The van der Waals surface area contributed by atoms with Crippen LogP contribution in [-0.4, -0.2) is 18.2 Å². The van der Waals surface area contributed by atoms with Crippen LogP contribution in [0, 0.1) is 12.8 Å². The summed E-state index contributed by atoms with van der Waals surface area (Å²) in [5.74, 6) is 0.551. The van der Waals surface area contributed by atoms with Crippen LogP contribution >= 0.6 is 11.6 Å². The van der Waals surface area contributed by atoms with E-state index in [0.29, 0.717) is 16.8 Å². The molecule has 2 aliphatic rings. The second-order valence-electron chi connectivity index (χ2n) is 6.57. The van der Waals surface area contributed by atoms with E-state index < -0.39 is 0 Å². The SMILES string of the molecule is Cc1ccc(NF)cc1-c1cc(Cl)nc(C23CCOCC2C3)c1. The number of hydrogen-bond donors (Lipinski definition) is 1. The maximum Gasteiger partial charge on any atom is 0.129 e. The summed E-state index contributed by atoms with van der Waals surface area (Å²) in [6, 6.07) is 9.38. The van der Waals surface area contributed by atoms with Crippen LogP contribution in [0.4, 0.5) is 10.2 Å². The van der Waals surface area contributed by atoms with Crippen LogP contribution in [0.1, 0.15) is 24.1 Å². The van der Waals surface area contributed by atoms with Gasteiger partial charge >= 0.3 is 0 Å². The van der Waals surface area contributed by atoms with Gasteiger partial charge in [-0.2, -0.15) is 0 Å².